The summed E-state index contributed by atoms with van der Waals surface area (Å²) in [7, 11) is 0. The molecule has 438 valence electrons. The van der Waals surface area contributed by atoms with Crippen LogP contribution in [0.2, 0.25) is 0 Å². The maximum atomic E-state index is 13.3. The van der Waals surface area contributed by atoms with E-state index in [2.05, 4.69) is 46.8 Å². The van der Waals surface area contributed by atoms with Crippen LogP contribution in [0, 0.1) is 50.2 Å². The van der Waals surface area contributed by atoms with Gasteiger partial charge in [-0.1, -0.05) is 53.7 Å². The fourth-order valence-corrected chi connectivity index (χ4v) is 16.6. The van der Waals surface area contributed by atoms with E-state index in [0.717, 1.165) is 38.5 Å². The average Bonchev–Trinajstić information content (AvgIpc) is 3.58. The van der Waals surface area contributed by atoms with Crippen molar-refractivity contribution in [2.24, 2.45) is 50.2 Å². The van der Waals surface area contributed by atoms with Crippen molar-refractivity contribution < 1.29 is 109 Å². The minimum Gasteiger partial charge on any atom is -0.396 e. The van der Waals surface area contributed by atoms with Crippen LogP contribution in [0.5, 0.6) is 0 Å². The zero-order chi connectivity index (χ0) is 55.6. The van der Waals surface area contributed by atoms with Crippen molar-refractivity contribution in [1.29, 1.82) is 0 Å². The molecule has 4 heterocycles. The van der Waals surface area contributed by atoms with E-state index < -0.39 is 164 Å². The Balaban J connectivity index is 1.00. The van der Waals surface area contributed by atoms with E-state index in [4.69, 9.17) is 37.9 Å². The molecule has 5 aliphatic carbocycles. The van der Waals surface area contributed by atoms with Crippen LogP contribution in [-0.2, 0) is 37.9 Å². The molecule has 0 aromatic carbocycles. The molecule has 14 N–H and O–H groups in total. The van der Waals surface area contributed by atoms with Crippen LogP contribution in [0.1, 0.15) is 113 Å². The largest absolute Gasteiger partial charge is 0.396 e. The molecule has 9 rings (SSSR count). The first-order valence-corrected chi connectivity index (χ1v) is 27.8. The number of hydrogen-bond donors (Lipinski definition) is 14. The van der Waals surface area contributed by atoms with E-state index >= 15 is 0 Å². The normalized spacial score (nSPS) is 57.2. The van der Waals surface area contributed by atoms with Gasteiger partial charge < -0.3 is 109 Å². The van der Waals surface area contributed by atoms with Gasteiger partial charge in [-0.15, -0.1) is 0 Å². The molecule has 0 aromatic heterocycles. The third kappa shape index (κ3) is 9.23. The highest BCUT2D eigenvalue weighted by molar-refractivity contribution is 5.32. The van der Waals surface area contributed by atoms with Crippen molar-refractivity contribution in [2.45, 2.75) is 248 Å². The molecule has 0 aromatic rings. The third-order valence-corrected chi connectivity index (χ3v) is 21.8. The van der Waals surface area contributed by atoms with Crippen molar-refractivity contribution in [2.75, 3.05) is 26.4 Å². The summed E-state index contributed by atoms with van der Waals surface area (Å²) in [6.07, 6.45) is -23.0. The molecule has 4 saturated heterocycles. The van der Waals surface area contributed by atoms with Crippen LogP contribution >= 0.6 is 0 Å². The summed E-state index contributed by atoms with van der Waals surface area (Å²) in [5.74, 6) is -0.314. The van der Waals surface area contributed by atoms with Crippen molar-refractivity contribution in [3.05, 3.63) is 12.2 Å². The molecule has 0 radical (unpaired) electrons. The summed E-state index contributed by atoms with van der Waals surface area (Å²) in [5.41, 5.74) is -3.84. The summed E-state index contributed by atoms with van der Waals surface area (Å²) in [6.45, 7) is 14.3. The maximum absolute atomic E-state index is 13.3. The van der Waals surface area contributed by atoms with Crippen LogP contribution < -0.4 is 0 Å². The molecule has 76 heavy (non-hydrogen) atoms. The molecule has 4 saturated carbocycles. The zero-order valence-corrected chi connectivity index (χ0v) is 45.2. The fraction of sp³-hybridized carbons (Fsp3) is 0.963. The lowest BCUT2D eigenvalue weighted by Gasteiger charge is -2.74. The molecule has 8 fully saturated rings. The highest BCUT2D eigenvalue weighted by Gasteiger charge is 2.74. The van der Waals surface area contributed by atoms with E-state index in [0.29, 0.717) is 19.3 Å². The Morgan fingerprint density at radius 3 is 1.68 bits per heavy atom. The molecule has 4 aliphatic heterocycles. The number of rotatable bonds is 12. The standard InChI is InChI=1S/C54H90O22/c1-24-32(59)35(62)38(65)44(69-24)74-41-27(21-56)72-46(40(67)37(41)64)75-42-33(60)25(2)70-47(43(42)76-45-39(66)36(63)34(61)26(20-55)71-45)73-31-11-12-49(5)28(50(31,6)22-57)9-13-51(7)29(49)10-14-54(68)30-19-48(3,4)15-17-53(30,23-58)18-16-52(51,54)8/h10,14,24-47,55-68H,9,11-13,15-23H2,1-8H3/t24-,25+,26+,27+,28+,29+,30+,31-,32-,33-,34+,35+,36-,37+,38+,39+,40+,41+,42-,43+,44-,45-,46-,47-,49-,50-,51+,52-,53+,54-/m0/s1. The van der Waals surface area contributed by atoms with E-state index in [9.17, 15) is 71.5 Å². The number of aliphatic hydroxyl groups excluding tert-OH is 13. The molecule has 22 heteroatoms. The van der Waals surface area contributed by atoms with Crippen molar-refractivity contribution in [1.82, 2.24) is 0 Å². The minimum atomic E-state index is -2.02. The fourth-order valence-electron chi connectivity index (χ4n) is 16.6. The highest BCUT2D eigenvalue weighted by atomic mass is 16.8. The molecule has 0 bridgehead atoms. The predicted octanol–water partition coefficient (Wildman–Crippen LogP) is -1.56. The number of aliphatic hydroxyl groups is 14. The van der Waals surface area contributed by atoms with Crippen LogP contribution in [0.25, 0.3) is 0 Å². The van der Waals surface area contributed by atoms with Crippen molar-refractivity contribution in [3.8, 4) is 0 Å². The third-order valence-electron chi connectivity index (χ3n) is 21.8. The molecule has 0 amide bonds. The van der Waals surface area contributed by atoms with Crippen molar-refractivity contribution in [3.63, 3.8) is 0 Å². The summed E-state index contributed by atoms with van der Waals surface area (Å²) < 4.78 is 49.2. The monoisotopic (exact) mass is 1090 g/mol. The second kappa shape index (κ2) is 21.2. The Labute approximate surface area is 444 Å². The number of ether oxygens (including phenoxy) is 8. The first-order valence-electron chi connectivity index (χ1n) is 27.8. The summed E-state index contributed by atoms with van der Waals surface area (Å²) in [4.78, 5) is 0. The molecule has 30 atom stereocenters. The Morgan fingerprint density at radius 1 is 0.500 bits per heavy atom. The van der Waals surface area contributed by atoms with E-state index in [1.165, 1.54) is 13.8 Å². The van der Waals surface area contributed by atoms with Crippen LogP contribution in [-0.4, -0.2) is 232 Å². The minimum absolute atomic E-state index is 0.00116. The second-order valence-corrected chi connectivity index (χ2v) is 26.4. The topological polar surface area (TPSA) is 357 Å². The average molecular weight is 1090 g/mol. The SMILES string of the molecule is C[C@@H]1O[C@@H](O[C@H]2[C@H](O)[C@@H](O)[C@H](O[C@H]3[C@@H](O)[C@@H](C)O[C@@H](O[C@H]4CC[C@@]5(C)[C@@H](CC[C@]6(C)[C@@H]5C=C[C@]5(O)[C@@H]7CC(C)(C)CC[C@]7(CO)CC[C@]56C)[C@]4(C)CO)[C@@H]3O[C@@H]3O[C@H](CO)[C@@H](O)[C@H](O)[C@H]3O)O[C@@H]2CO)[C@H](O)[C@H](O)[C@H]1O. The molecule has 22 nitrogen and oxygen atoms in total. The molecular formula is C54H90O22. The lowest BCUT2D eigenvalue weighted by atomic mass is 9.31. The van der Waals surface area contributed by atoms with Crippen molar-refractivity contribution >= 4 is 0 Å². The van der Waals surface area contributed by atoms with Crippen LogP contribution in [0.3, 0.4) is 0 Å². The highest BCUT2D eigenvalue weighted by Crippen LogP contribution is 2.76. The van der Waals surface area contributed by atoms with Crippen LogP contribution in [0.15, 0.2) is 12.2 Å². The van der Waals surface area contributed by atoms with Gasteiger partial charge in [0.05, 0.1) is 43.7 Å². The zero-order valence-electron chi connectivity index (χ0n) is 45.2. The van der Waals surface area contributed by atoms with Gasteiger partial charge in [0.1, 0.15) is 85.5 Å². The molecule has 0 spiro atoms. The van der Waals surface area contributed by atoms with Gasteiger partial charge in [0.25, 0.3) is 0 Å². The van der Waals surface area contributed by atoms with Gasteiger partial charge in [-0.25, -0.2) is 0 Å². The van der Waals surface area contributed by atoms with Gasteiger partial charge >= 0.3 is 0 Å². The second-order valence-electron chi connectivity index (χ2n) is 26.4. The predicted molar refractivity (Wildman–Crippen MR) is 263 cm³/mol. The number of fused-ring (bicyclic) bond motifs is 7. The van der Waals surface area contributed by atoms with E-state index in [1.54, 1.807) is 0 Å². The lowest BCUT2D eigenvalue weighted by Crippen LogP contribution is -2.73. The van der Waals surface area contributed by atoms with Gasteiger partial charge in [0.2, 0.25) is 0 Å². The summed E-state index contributed by atoms with van der Waals surface area (Å²) in [5, 5.41) is 156. The number of allylic oxidation sites excluding steroid dienone is 1. The Bertz CT molecular complexity index is 2050. The lowest BCUT2D eigenvalue weighted by molar-refractivity contribution is -0.403. The molecule has 0 unspecified atom stereocenters. The Kier molecular flexibility index (Phi) is 16.6. The maximum Gasteiger partial charge on any atom is 0.187 e. The Morgan fingerprint density at radius 2 is 1.05 bits per heavy atom. The summed E-state index contributed by atoms with van der Waals surface area (Å²) >= 11 is 0. The van der Waals surface area contributed by atoms with Gasteiger partial charge in [-0.2, -0.15) is 0 Å². The van der Waals surface area contributed by atoms with Crippen LogP contribution in [0.4, 0.5) is 0 Å². The number of hydrogen-bond acceptors (Lipinski definition) is 22. The molecular weight excluding hydrogens is 1000 g/mol. The van der Waals surface area contributed by atoms with E-state index in [-0.39, 0.29) is 47.2 Å². The van der Waals surface area contributed by atoms with Gasteiger partial charge in [-0.3, -0.25) is 0 Å². The first-order chi connectivity index (χ1) is 35.6. The van der Waals surface area contributed by atoms with Gasteiger partial charge in [0.15, 0.2) is 25.2 Å². The van der Waals surface area contributed by atoms with Gasteiger partial charge in [-0.05, 0) is 105 Å². The van der Waals surface area contributed by atoms with Gasteiger partial charge in [0, 0.05) is 23.4 Å². The van der Waals surface area contributed by atoms with E-state index in [1.807, 2.05) is 6.92 Å². The quantitative estimate of drug-likeness (QED) is 0.0776. The smallest absolute Gasteiger partial charge is 0.187 e. The molecule has 9 aliphatic rings. The summed E-state index contributed by atoms with van der Waals surface area (Å²) in [6, 6.07) is 0. The Hall–Kier alpha value is -1.14. The first kappa shape index (κ1) is 59.5.